The maximum absolute atomic E-state index is 13.0. The van der Waals surface area contributed by atoms with Crippen molar-refractivity contribution in [3.63, 3.8) is 0 Å². The number of benzene rings is 2. The highest BCUT2D eigenvalue weighted by Crippen LogP contribution is 2.23. The minimum atomic E-state index is -0.250. The Balaban J connectivity index is 1.93. The Morgan fingerprint density at radius 2 is 1.90 bits per heavy atom. The van der Waals surface area contributed by atoms with Crippen LogP contribution in [-0.2, 0) is 6.54 Å². The van der Waals surface area contributed by atoms with Crippen molar-refractivity contribution in [1.29, 1.82) is 0 Å². The molecule has 0 unspecified atom stereocenters. The second kappa shape index (κ2) is 7.29. The van der Waals surface area contributed by atoms with Gasteiger partial charge < -0.3 is 10.1 Å². The van der Waals surface area contributed by atoms with Gasteiger partial charge in [-0.3, -0.25) is 0 Å². The van der Waals surface area contributed by atoms with Gasteiger partial charge in [0, 0.05) is 16.7 Å². The van der Waals surface area contributed by atoms with E-state index in [0.717, 1.165) is 34.5 Å². The molecule has 0 aromatic heterocycles. The number of ether oxygens (including phenoxy) is 1. The lowest BCUT2D eigenvalue weighted by molar-refractivity contribution is 0.317. The zero-order valence-electron chi connectivity index (χ0n) is 11.3. The van der Waals surface area contributed by atoms with Gasteiger partial charge in [-0.2, -0.15) is 0 Å². The molecule has 2 nitrogen and oxygen atoms in total. The van der Waals surface area contributed by atoms with E-state index in [1.54, 1.807) is 6.07 Å². The molecule has 0 saturated heterocycles. The standard InChI is InChI=1S/C16H17BrFNO/c1-2-9-20-14-6-3-12(4-7-14)11-19-16-8-5-13(18)10-15(16)17/h3-8,10,19H,2,9,11H2,1H3. The average Bonchev–Trinajstić information content (AvgIpc) is 2.45. The smallest absolute Gasteiger partial charge is 0.124 e. The van der Waals surface area contributed by atoms with Crippen LogP contribution in [0, 0.1) is 5.82 Å². The molecule has 0 amide bonds. The topological polar surface area (TPSA) is 21.3 Å². The molecule has 0 spiro atoms. The van der Waals surface area contributed by atoms with Crippen LogP contribution in [0.1, 0.15) is 18.9 Å². The Hall–Kier alpha value is -1.55. The van der Waals surface area contributed by atoms with Crippen LogP contribution in [0.15, 0.2) is 46.9 Å². The molecular formula is C16H17BrFNO. The highest BCUT2D eigenvalue weighted by molar-refractivity contribution is 9.10. The third-order valence-electron chi connectivity index (χ3n) is 2.81. The third-order valence-corrected chi connectivity index (χ3v) is 3.47. The minimum absolute atomic E-state index is 0.250. The van der Waals surface area contributed by atoms with Crippen LogP contribution < -0.4 is 10.1 Å². The molecule has 20 heavy (non-hydrogen) atoms. The van der Waals surface area contributed by atoms with Crippen molar-refractivity contribution in [3.05, 3.63) is 58.3 Å². The molecule has 0 fully saturated rings. The lowest BCUT2D eigenvalue weighted by atomic mass is 10.2. The van der Waals surface area contributed by atoms with E-state index in [4.69, 9.17) is 4.74 Å². The lowest BCUT2D eigenvalue weighted by Crippen LogP contribution is -2.00. The van der Waals surface area contributed by atoms with Crippen LogP contribution in [0.25, 0.3) is 0 Å². The highest BCUT2D eigenvalue weighted by atomic mass is 79.9. The van der Waals surface area contributed by atoms with Crippen LogP contribution in [-0.4, -0.2) is 6.61 Å². The Bertz CT molecular complexity index is 557. The molecule has 106 valence electrons. The fourth-order valence-electron chi connectivity index (χ4n) is 1.75. The normalized spacial score (nSPS) is 10.3. The fourth-order valence-corrected chi connectivity index (χ4v) is 2.24. The van der Waals surface area contributed by atoms with Gasteiger partial charge in [-0.25, -0.2) is 4.39 Å². The first-order valence-electron chi connectivity index (χ1n) is 6.59. The van der Waals surface area contributed by atoms with Gasteiger partial charge in [0.2, 0.25) is 0 Å². The maximum atomic E-state index is 13.0. The largest absolute Gasteiger partial charge is 0.494 e. The van der Waals surface area contributed by atoms with Crippen molar-refractivity contribution < 1.29 is 9.13 Å². The van der Waals surface area contributed by atoms with E-state index in [1.165, 1.54) is 12.1 Å². The molecule has 0 heterocycles. The lowest BCUT2D eigenvalue weighted by Gasteiger charge is -2.10. The number of halogens is 2. The van der Waals surface area contributed by atoms with Crippen LogP contribution in [0.3, 0.4) is 0 Å². The van der Waals surface area contributed by atoms with E-state index < -0.39 is 0 Å². The van der Waals surface area contributed by atoms with Gasteiger partial charge in [0.1, 0.15) is 11.6 Å². The zero-order valence-corrected chi connectivity index (χ0v) is 12.9. The van der Waals surface area contributed by atoms with Gasteiger partial charge >= 0.3 is 0 Å². The molecule has 0 saturated carbocycles. The second-order valence-electron chi connectivity index (χ2n) is 4.47. The van der Waals surface area contributed by atoms with Crippen LogP contribution in [0.2, 0.25) is 0 Å². The summed E-state index contributed by atoms with van der Waals surface area (Å²) in [6.45, 7) is 3.50. The number of hydrogen-bond donors (Lipinski definition) is 1. The van der Waals surface area contributed by atoms with Crippen molar-refractivity contribution in [3.8, 4) is 5.75 Å². The van der Waals surface area contributed by atoms with Crippen LogP contribution in [0.4, 0.5) is 10.1 Å². The molecule has 4 heteroatoms. The first kappa shape index (κ1) is 14.9. The Labute approximate surface area is 127 Å². The summed E-state index contributed by atoms with van der Waals surface area (Å²) in [6.07, 6.45) is 1.00. The van der Waals surface area contributed by atoms with E-state index in [-0.39, 0.29) is 5.82 Å². The number of anilines is 1. The summed E-state index contributed by atoms with van der Waals surface area (Å²) in [6, 6.07) is 12.6. The van der Waals surface area contributed by atoms with Gasteiger partial charge in [-0.05, 0) is 58.2 Å². The van der Waals surface area contributed by atoms with Crippen molar-refractivity contribution in [1.82, 2.24) is 0 Å². The summed E-state index contributed by atoms with van der Waals surface area (Å²) >= 11 is 3.34. The molecule has 2 aromatic rings. The molecule has 2 rings (SSSR count). The number of rotatable bonds is 6. The SMILES string of the molecule is CCCOc1ccc(CNc2ccc(F)cc2Br)cc1. The van der Waals surface area contributed by atoms with Gasteiger partial charge in [-0.15, -0.1) is 0 Å². The van der Waals surface area contributed by atoms with E-state index in [0.29, 0.717) is 6.54 Å². The highest BCUT2D eigenvalue weighted by Gasteiger charge is 2.01. The van der Waals surface area contributed by atoms with Crippen molar-refractivity contribution in [2.24, 2.45) is 0 Å². The Morgan fingerprint density at radius 3 is 2.55 bits per heavy atom. The molecule has 0 bridgehead atoms. The maximum Gasteiger partial charge on any atom is 0.124 e. The molecule has 0 atom stereocenters. The van der Waals surface area contributed by atoms with Crippen LogP contribution in [0.5, 0.6) is 5.75 Å². The van der Waals surface area contributed by atoms with Crippen LogP contribution >= 0.6 is 15.9 Å². The summed E-state index contributed by atoms with van der Waals surface area (Å²) in [5, 5.41) is 3.26. The van der Waals surface area contributed by atoms with Gasteiger partial charge in [0.15, 0.2) is 0 Å². The minimum Gasteiger partial charge on any atom is -0.494 e. The number of nitrogens with one attached hydrogen (secondary N) is 1. The Morgan fingerprint density at radius 1 is 1.15 bits per heavy atom. The summed E-state index contributed by atoms with van der Waals surface area (Å²) in [4.78, 5) is 0. The predicted octanol–water partition coefficient (Wildman–Crippen LogP) is 4.99. The van der Waals surface area contributed by atoms with E-state index >= 15 is 0 Å². The second-order valence-corrected chi connectivity index (χ2v) is 5.32. The van der Waals surface area contributed by atoms with Crippen molar-refractivity contribution in [2.45, 2.75) is 19.9 Å². The average molecular weight is 338 g/mol. The van der Waals surface area contributed by atoms with Gasteiger partial charge in [0.25, 0.3) is 0 Å². The van der Waals surface area contributed by atoms with E-state index in [9.17, 15) is 4.39 Å². The molecule has 0 radical (unpaired) electrons. The molecule has 0 aliphatic rings. The van der Waals surface area contributed by atoms with E-state index in [1.807, 2.05) is 24.3 Å². The quantitative estimate of drug-likeness (QED) is 0.801. The Kier molecular flexibility index (Phi) is 5.41. The molecular weight excluding hydrogens is 321 g/mol. The number of hydrogen-bond acceptors (Lipinski definition) is 2. The molecule has 1 N–H and O–H groups in total. The summed E-state index contributed by atoms with van der Waals surface area (Å²) < 4.78 is 19.2. The van der Waals surface area contributed by atoms with E-state index in [2.05, 4.69) is 28.2 Å². The zero-order chi connectivity index (χ0) is 14.4. The third kappa shape index (κ3) is 4.23. The van der Waals surface area contributed by atoms with Gasteiger partial charge in [0.05, 0.1) is 6.61 Å². The van der Waals surface area contributed by atoms with Gasteiger partial charge in [-0.1, -0.05) is 19.1 Å². The molecule has 0 aliphatic carbocycles. The molecule has 0 aliphatic heterocycles. The fraction of sp³-hybridized carbons (Fsp3) is 0.250. The molecule has 2 aromatic carbocycles. The van der Waals surface area contributed by atoms with Crippen molar-refractivity contribution in [2.75, 3.05) is 11.9 Å². The monoisotopic (exact) mass is 337 g/mol. The first-order chi connectivity index (χ1) is 9.69. The summed E-state index contributed by atoms with van der Waals surface area (Å²) in [5.74, 6) is 0.637. The predicted molar refractivity (Wildman–Crippen MR) is 83.7 cm³/mol. The summed E-state index contributed by atoms with van der Waals surface area (Å²) in [5.41, 5.74) is 2.02. The first-order valence-corrected chi connectivity index (χ1v) is 7.39. The van der Waals surface area contributed by atoms with Crippen molar-refractivity contribution >= 4 is 21.6 Å². The summed E-state index contributed by atoms with van der Waals surface area (Å²) in [7, 11) is 0.